The van der Waals surface area contributed by atoms with Crippen LogP contribution >= 0.6 is 11.6 Å². The monoisotopic (exact) mass is 512 g/mol. The van der Waals surface area contributed by atoms with Crippen LogP contribution in [0.25, 0.3) is 0 Å². The van der Waals surface area contributed by atoms with Gasteiger partial charge in [0.2, 0.25) is 0 Å². The van der Waals surface area contributed by atoms with Gasteiger partial charge in [-0.2, -0.15) is 0 Å². The van der Waals surface area contributed by atoms with Gasteiger partial charge in [0.15, 0.2) is 11.5 Å². The average Bonchev–Trinajstić information content (AvgIpc) is 2.89. The molecule has 5 nitrogen and oxygen atoms in total. The van der Waals surface area contributed by atoms with Gasteiger partial charge < -0.3 is 19.5 Å². The molecule has 1 rings (SSSR count). The van der Waals surface area contributed by atoms with Gasteiger partial charge in [-0.05, 0) is 56.1 Å². The van der Waals surface area contributed by atoms with Crippen molar-refractivity contribution in [2.24, 2.45) is 0 Å². The Bertz CT molecular complexity index is 994. The summed E-state index contributed by atoms with van der Waals surface area (Å²) >= 11 is 5.94. The SMILES string of the molecule is C#CC(CC(/C=C\CC)=C(OC)/C(=C\C)OC/C(C=C)=C/C=C(\C)Cl)c1cccnc1NC.COC. The smallest absolute Gasteiger partial charge is 0.163 e. The van der Waals surface area contributed by atoms with E-state index in [1.165, 1.54) is 0 Å². The Hall–Kier alpha value is -3.20. The molecule has 0 aliphatic rings. The second kappa shape index (κ2) is 20.0. The van der Waals surface area contributed by atoms with Crippen LogP contribution < -0.4 is 5.32 Å². The molecule has 1 aromatic rings. The number of hydrogen-bond acceptors (Lipinski definition) is 5. The molecule has 1 N–H and O–H groups in total. The number of anilines is 1. The molecule has 0 fully saturated rings. The zero-order valence-electron chi connectivity index (χ0n) is 22.7. The Kier molecular flexibility index (Phi) is 18.3. The molecule has 0 spiro atoms. The maximum absolute atomic E-state index is 6.11. The lowest BCUT2D eigenvalue weighted by Gasteiger charge is -2.20. The number of rotatable bonds is 13. The van der Waals surface area contributed by atoms with Crippen LogP contribution in [0.1, 0.15) is 45.1 Å². The lowest BCUT2D eigenvalue weighted by atomic mass is 9.91. The summed E-state index contributed by atoms with van der Waals surface area (Å²) in [5.41, 5.74) is 2.80. The number of ether oxygens (including phenoxy) is 3. The van der Waals surface area contributed by atoms with Crippen LogP contribution in [-0.2, 0) is 14.2 Å². The van der Waals surface area contributed by atoms with Crippen molar-refractivity contribution in [1.29, 1.82) is 0 Å². The van der Waals surface area contributed by atoms with Crippen LogP contribution in [0, 0.1) is 12.3 Å². The largest absolute Gasteiger partial charge is 0.493 e. The highest BCUT2D eigenvalue weighted by atomic mass is 35.5. The number of nitrogens with one attached hydrogen (secondary N) is 1. The number of methoxy groups -OCH3 is 2. The first-order valence-electron chi connectivity index (χ1n) is 11.7. The molecule has 6 heteroatoms. The number of aromatic nitrogens is 1. The van der Waals surface area contributed by atoms with Crippen molar-refractivity contribution in [3.05, 3.63) is 94.6 Å². The topological polar surface area (TPSA) is 52.6 Å². The minimum absolute atomic E-state index is 0.193. The molecule has 0 saturated carbocycles. The summed E-state index contributed by atoms with van der Waals surface area (Å²) in [4.78, 5) is 4.40. The van der Waals surface area contributed by atoms with E-state index in [2.05, 4.69) is 46.6 Å². The molecule has 36 heavy (non-hydrogen) atoms. The lowest BCUT2D eigenvalue weighted by molar-refractivity contribution is 0.192. The maximum atomic E-state index is 6.11. The van der Waals surface area contributed by atoms with Crippen molar-refractivity contribution in [3.63, 3.8) is 0 Å². The van der Waals surface area contributed by atoms with Gasteiger partial charge in [-0.25, -0.2) is 4.98 Å². The molecule has 0 aliphatic carbocycles. The molecule has 0 radical (unpaired) electrons. The van der Waals surface area contributed by atoms with Gasteiger partial charge >= 0.3 is 0 Å². The van der Waals surface area contributed by atoms with Gasteiger partial charge in [0.05, 0.1) is 13.0 Å². The van der Waals surface area contributed by atoms with Gasteiger partial charge in [-0.1, -0.05) is 61.4 Å². The summed E-state index contributed by atoms with van der Waals surface area (Å²) in [5, 5.41) is 3.81. The van der Waals surface area contributed by atoms with Gasteiger partial charge in [-0.3, -0.25) is 0 Å². The number of allylic oxidation sites excluding steroid dienone is 7. The second-order valence-corrected chi connectivity index (χ2v) is 8.13. The van der Waals surface area contributed by atoms with E-state index in [-0.39, 0.29) is 5.92 Å². The first-order valence-corrected chi connectivity index (χ1v) is 12.1. The van der Waals surface area contributed by atoms with Crippen LogP contribution in [0.4, 0.5) is 5.82 Å². The summed E-state index contributed by atoms with van der Waals surface area (Å²) in [6, 6.07) is 3.89. The third kappa shape index (κ3) is 12.0. The highest BCUT2D eigenvalue weighted by molar-refractivity contribution is 6.29. The molecule has 0 aromatic carbocycles. The highest BCUT2D eigenvalue weighted by Gasteiger charge is 2.19. The summed E-state index contributed by atoms with van der Waals surface area (Å²) in [6.45, 7) is 9.99. The van der Waals surface area contributed by atoms with Crippen molar-refractivity contribution in [2.75, 3.05) is 40.3 Å². The summed E-state index contributed by atoms with van der Waals surface area (Å²) in [6.07, 6.45) is 20.6. The van der Waals surface area contributed by atoms with Crippen LogP contribution in [0.5, 0.6) is 0 Å². The first-order chi connectivity index (χ1) is 17.4. The lowest BCUT2D eigenvalue weighted by Crippen LogP contribution is -2.08. The van der Waals surface area contributed by atoms with E-state index in [1.807, 2.05) is 51.3 Å². The number of halogens is 1. The third-order valence-corrected chi connectivity index (χ3v) is 4.92. The molecule has 196 valence electrons. The minimum Gasteiger partial charge on any atom is -0.493 e. The Morgan fingerprint density at radius 3 is 2.50 bits per heavy atom. The molecule has 1 unspecified atom stereocenters. The summed E-state index contributed by atoms with van der Waals surface area (Å²) in [5.74, 6) is 4.76. The van der Waals surface area contributed by atoms with E-state index in [9.17, 15) is 0 Å². The fraction of sp³-hybridized carbons (Fsp3) is 0.367. The van der Waals surface area contributed by atoms with E-state index >= 15 is 0 Å². The van der Waals surface area contributed by atoms with Crippen LogP contribution in [-0.4, -0.2) is 40.0 Å². The molecular formula is C30H41ClN2O3. The summed E-state index contributed by atoms with van der Waals surface area (Å²) < 4.78 is 16.2. The quantitative estimate of drug-likeness (QED) is 0.168. The Morgan fingerprint density at radius 1 is 1.31 bits per heavy atom. The predicted octanol–water partition coefficient (Wildman–Crippen LogP) is 7.53. The van der Waals surface area contributed by atoms with E-state index in [0.717, 1.165) is 28.9 Å². The molecule has 1 aromatic heterocycles. The van der Waals surface area contributed by atoms with Crippen LogP contribution in [0.3, 0.4) is 0 Å². The first kappa shape index (κ1) is 32.8. The van der Waals surface area contributed by atoms with Gasteiger partial charge in [-0.15, -0.1) is 6.42 Å². The Balaban J connectivity index is 0.00000387. The fourth-order valence-electron chi connectivity index (χ4n) is 3.11. The van der Waals surface area contributed by atoms with Crippen molar-refractivity contribution in [1.82, 2.24) is 4.98 Å². The second-order valence-electron chi connectivity index (χ2n) is 7.53. The van der Waals surface area contributed by atoms with E-state index in [1.54, 1.807) is 33.6 Å². The Labute approximate surface area is 223 Å². The number of hydrogen-bond donors (Lipinski definition) is 1. The molecule has 1 heterocycles. The zero-order valence-corrected chi connectivity index (χ0v) is 23.5. The molecule has 0 saturated heterocycles. The molecular weight excluding hydrogens is 472 g/mol. The fourth-order valence-corrected chi connectivity index (χ4v) is 3.17. The highest BCUT2D eigenvalue weighted by Crippen LogP contribution is 2.31. The third-order valence-electron chi connectivity index (χ3n) is 4.80. The van der Waals surface area contributed by atoms with E-state index < -0.39 is 0 Å². The van der Waals surface area contributed by atoms with Crippen molar-refractivity contribution < 1.29 is 14.2 Å². The van der Waals surface area contributed by atoms with Gasteiger partial charge in [0.1, 0.15) is 12.4 Å². The van der Waals surface area contributed by atoms with Crippen molar-refractivity contribution in [2.45, 2.75) is 39.5 Å². The number of nitrogens with zero attached hydrogens (tertiary/aromatic N) is 1. The standard InChI is InChI=1S/C28H35ClN2O2.C2H6O/c1-8-12-14-24(19-23(10-3)25-15-13-18-31-28(25)30-6)27(32-7)26(11-4)33-20-22(9-2)17-16-21(5)29;1-3-2/h3,9,11-18,23H,2,8,19-20H2,1,4-7H3,(H,30,31);1-2H3/b14-12-,21-16+,22-17+,26-11+,27-24-;. The predicted molar refractivity (Wildman–Crippen MR) is 154 cm³/mol. The number of pyridine rings is 1. The van der Waals surface area contributed by atoms with Crippen LogP contribution in [0.2, 0.25) is 0 Å². The molecule has 0 bridgehead atoms. The molecule has 0 amide bonds. The van der Waals surface area contributed by atoms with Gasteiger partial charge in [0.25, 0.3) is 0 Å². The average molecular weight is 513 g/mol. The van der Waals surface area contributed by atoms with E-state index in [0.29, 0.717) is 29.6 Å². The zero-order chi connectivity index (χ0) is 27.3. The van der Waals surface area contributed by atoms with Gasteiger partial charge in [0, 0.05) is 38.1 Å². The molecule has 1 atom stereocenters. The van der Waals surface area contributed by atoms with E-state index in [4.69, 9.17) is 27.5 Å². The minimum atomic E-state index is -0.193. The normalized spacial score (nSPS) is 13.7. The van der Waals surface area contributed by atoms with Crippen molar-refractivity contribution in [3.8, 4) is 12.3 Å². The van der Waals surface area contributed by atoms with Crippen LogP contribution in [0.15, 0.2) is 89.1 Å². The maximum Gasteiger partial charge on any atom is 0.163 e. The van der Waals surface area contributed by atoms with Crippen molar-refractivity contribution >= 4 is 17.4 Å². The summed E-state index contributed by atoms with van der Waals surface area (Å²) in [7, 11) is 6.73. The molecule has 0 aliphatic heterocycles. The Morgan fingerprint density at radius 2 is 2.00 bits per heavy atom. The number of terminal acetylenes is 1.